The van der Waals surface area contributed by atoms with Crippen LogP contribution in [0.15, 0.2) is 42.6 Å². The number of nitrogens with one attached hydrogen (secondary N) is 1. The van der Waals surface area contributed by atoms with Crippen molar-refractivity contribution >= 4 is 17.5 Å². The van der Waals surface area contributed by atoms with E-state index in [9.17, 15) is 10.1 Å². The van der Waals surface area contributed by atoms with Gasteiger partial charge >= 0.3 is 0 Å². The van der Waals surface area contributed by atoms with Gasteiger partial charge in [-0.1, -0.05) is 36.9 Å². The lowest BCUT2D eigenvalue weighted by molar-refractivity contribution is -0.127. The number of halogens is 1. The van der Waals surface area contributed by atoms with E-state index in [-0.39, 0.29) is 18.0 Å². The molecule has 0 spiro atoms. The fraction of sp³-hybridized carbons (Fsp3) is 0.333. The van der Waals surface area contributed by atoms with Gasteiger partial charge in [-0.05, 0) is 5.56 Å². The number of piperazine rings is 1. The van der Waals surface area contributed by atoms with E-state index < -0.39 is 4.87 Å². The molecule has 1 aromatic rings. The van der Waals surface area contributed by atoms with Crippen LogP contribution in [0, 0.1) is 11.3 Å². The Hall–Kier alpha value is -1.83. The maximum Gasteiger partial charge on any atom is 0.241 e. The van der Waals surface area contributed by atoms with Crippen LogP contribution in [0.25, 0.3) is 0 Å². The molecule has 0 unspecified atom stereocenters. The molecule has 1 amide bonds. The molecule has 0 radical (unpaired) electrons. The van der Waals surface area contributed by atoms with E-state index in [1.54, 1.807) is 0 Å². The summed E-state index contributed by atoms with van der Waals surface area (Å²) in [5.41, 5.74) is 1.60. The van der Waals surface area contributed by atoms with Crippen LogP contribution in [0.2, 0.25) is 0 Å². The number of hydrogen-bond donors (Lipinski definition) is 1. The van der Waals surface area contributed by atoms with Crippen LogP contribution in [0.4, 0.5) is 0 Å². The highest BCUT2D eigenvalue weighted by Gasteiger charge is 2.58. The van der Waals surface area contributed by atoms with Crippen LogP contribution in [0.3, 0.4) is 0 Å². The first-order valence-electron chi connectivity index (χ1n) is 6.44. The number of benzene rings is 1. The molecule has 5 heteroatoms. The molecule has 2 aliphatic heterocycles. The van der Waals surface area contributed by atoms with Crippen molar-refractivity contribution in [1.29, 1.82) is 5.26 Å². The summed E-state index contributed by atoms with van der Waals surface area (Å²) in [5.74, 6) is -0.125. The Bertz CT molecular complexity index is 609. The highest BCUT2D eigenvalue weighted by atomic mass is 35.5. The van der Waals surface area contributed by atoms with Crippen molar-refractivity contribution in [2.24, 2.45) is 0 Å². The van der Waals surface area contributed by atoms with Crippen LogP contribution in [-0.2, 0) is 11.3 Å². The number of rotatable bonds is 2. The molecular formula is C15H14ClN3O. The molecule has 2 bridgehead atoms. The number of fused-ring (bicyclic) bond motifs is 2. The number of carbonyl (C=O) groups is 1. The molecule has 3 rings (SSSR count). The first-order valence-corrected chi connectivity index (χ1v) is 6.82. The quantitative estimate of drug-likeness (QED) is 0.844. The van der Waals surface area contributed by atoms with Crippen molar-refractivity contribution in [3.63, 3.8) is 0 Å². The van der Waals surface area contributed by atoms with E-state index in [4.69, 9.17) is 11.6 Å². The van der Waals surface area contributed by atoms with Crippen LogP contribution >= 0.6 is 11.6 Å². The summed E-state index contributed by atoms with van der Waals surface area (Å²) in [7, 11) is 0. The van der Waals surface area contributed by atoms with Crippen molar-refractivity contribution < 1.29 is 4.79 Å². The van der Waals surface area contributed by atoms with Crippen molar-refractivity contribution in [2.75, 3.05) is 0 Å². The molecule has 2 saturated heterocycles. The topological polar surface area (TPSA) is 56.1 Å². The fourth-order valence-corrected chi connectivity index (χ4v) is 3.49. The third-order valence-electron chi connectivity index (χ3n) is 3.97. The predicted molar refractivity (Wildman–Crippen MR) is 75.7 cm³/mol. The van der Waals surface area contributed by atoms with E-state index in [1.807, 2.05) is 35.2 Å². The Kier molecular flexibility index (Phi) is 3.04. The number of hydrogen-bond acceptors (Lipinski definition) is 3. The Morgan fingerprint density at radius 2 is 2.20 bits per heavy atom. The number of nitriles is 1. The molecular weight excluding hydrogens is 274 g/mol. The summed E-state index contributed by atoms with van der Waals surface area (Å²) in [4.78, 5) is 13.0. The average molecular weight is 288 g/mol. The number of amides is 1. The molecule has 3 atom stereocenters. The lowest BCUT2D eigenvalue weighted by Gasteiger charge is -2.37. The second-order valence-electron chi connectivity index (χ2n) is 5.27. The SMILES string of the molecule is C=C1NC(=O)[C@@H]2C[C@@](Cl)(C#N)[C@H]1N2Cc1ccccc1. The Morgan fingerprint density at radius 3 is 2.85 bits per heavy atom. The minimum absolute atomic E-state index is 0.125. The molecule has 2 aliphatic rings. The molecule has 0 aromatic heterocycles. The predicted octanol–water partition coefficient (Wildman–Crippen LogP) is 1.77. The molecule has 0 saturated carbocycles. The van der Waals surface area contributed by atoms with Crippen LogP contribution in [-0.4, -0.2) is 27.8 Å². The van der Waals surface area contributed by atoms with E-state index in [0.29, 0.717) is 18.7 Å². The van der Waals surface area contributed by atoms with Gasteiger partial charge in [0.1, 0.15) is 0 Å². The van der Waals surface area contributed by atoms with Crippen LogP contribution in [0.5, 0.6) is 0 Å². The van der Waals surface area contributed by atoms with Crippen LogP contribution in [0.1, 0.15) is 12.0 Å². The van der Waals surface area contributed by atoms with Crippen molar-refractivity contribution in [1.82, 2.24) is 10.2 Å². The minimum atomic E-state index is -1.09. The van der Waals surface area contributed by atoms with Gasteiger partial charge in [0.15, 0.2) is 4.87 Å². The molecule has 2 heterocycles. The molecule has 1 aromatic carbocycles. The zero-order valence-electron chi connectivity index (χ0n) is 10.8. The Morgan fingerprint density at radius 1 is 1.50 bits per heavy atom. The Balaban J connectivity index is 1.96. The summed E-state index contributed by atoms with van der Waals surface area (Å²) in [6, 6.07) is 11.3. The summed E-state index contributed by atoms with van der Waals surface area (Å²) in [6.45, 7) is 4.45. The molecule has 2 fully saturated rings. The van der Waals surface area contributed by atoms with Gasteiger partial charge in [0, 0.05) is 18.7 Å². The standard InChI is InChI=1S/C15H14ClN3O/c1-10-13-15(16,9-17)7-12(14(20)18-10)19(13)8-11-5-3-2-4-6-11/h2-6,12-13H,1,7-8H2,(H,18,20)/t12-,13-,15+/m0/s1. The number of nitrogens with zero attached hydrogens (tertiary/aromatic N) is 2. The van der Waals surface area contributed by atoms with Gasteiger partial charge in [0.2, 0.25) is 5.91 Å². The first-order chi connectivity index (χ1) is 9.55. The highest BCUT2D eigenvalue weighted by Crippen LogP contribution is 2.44. The smallest absolute Gasteiger partial charge is 0.241 e. The third-order valence-corrected chi connectivity index (χ3v) is 4.41. The zero-order valence-corrected chi connectivity index (χ0v) is 11.6. The Labute approximate surface area is 122 Å². The van der Waals surface area contributed by atoms with Gasteiger partial charge in [-0.25, -0.2) is 0 Å². The van der Waals surface area contributed by atoms with E-state index in [0.717, 1.165) is 5.56 Å². The largest absolute Gasteiger partial charge is 0.327 e. The van der Waals surface area contributed by atoms with Gasteiger partial charge in [0.25, 0.3) is 0 Å². The van der Waals surface area contributed by atoms with Crippen molar-refractivity contribution in [2.45, 2.75) is 29.9 Å². The maximum absolute atomic E-state index is 12.1. The molecule has 102 valence electrons. The fourth-order valence-electron chi connectivity index (χ4n) is 3.09. The average Bonchev–Trinajstić information content (AvgIpc) is 2.68. The highest BCUT2D eigenvalue weighted by molar-refractivity contribution is 6.27. The van der Waals surface area contributed by atoms with E-state index >= 15 is 0 Å². The number of alkyl halides is 1. The lowest BCUT2D eigenvalue weighted by Crippen LogP contribution is -2.55. The van der Waals surface area contributed by atoms with Gasteiger partial charge in [-0.15, -0.1) is 11.6 Å². The molecule has 4 nitrogen and oxygen atoms in total. The van der Waals surface area contributed by atoms with Gasteiger partial charge in [0.05, 0.1) is 18.2 Å². The summed E-state index contributed by atoms with van der Waals surface area (Å²) in [5, 5.41) is 12.1. The lowest BCUT2D eigenvalue weighted by atomic mass is 9.99. The monoisotopic (exact) mass is 287 g/mol. The second-order valence-corrected chi connectivity index (χ2v) is 5.94. The first kappa shape index (κ1) is 13.2. The molecule has 0 aliphatic carbocycles. The van der Waals surface area contributed by atoms with Crippen molar-refractivity contribution in [3.05, 3.63) is 48.2 Å². The summed E-state index contributed by atoms with van der Waals surface area (Å²) in [6.07, 6.45) is 0.327. The maximum atomic E-state index is 12.1. The number of carbonyl (C=O) groups excluding carboxylic acids is 1. The van der Waals surface area contributed by atoms with Crippen LogP contribution < -0.4 is 5.32 Å². The van der Waals surface area contributed by atoms with Gasteiger partial charge in [-0.2, -0.15) is 5.26 Å². The third kappa shape index (κ3) is 1.91. The minimum Gasteiger partial charge on any atom is -0.327 e. The molecule has 20 heavy (non-hydrogen) atoms. The van der Waals surface area contributed by atoms with Crippen molar-refractivity contribution in [3.8, 4) is 6.07 Å². The van der Waals surface area contributed by atoms with E-state index in [2.05, 4.69) is 18.0 Å². The molecule has 1 N–H and O–H groups in total. The zero-order chi connectivity index (χ0) is 14.3. The summed E-state index contributed by atoms with van der Waals surface area (Å²) < 4.78 is 0. The van der Waals surface area contributed by atoms with Gasteiger partial charge in [-0.3, -0.25) is 9.69 Å². The summed E-state index contributed by atoms with van der Waals surface area (Å²) >= 11 is 6.42. The van der Waals surface area contributed by atoms with E-state index in [1.165, 1.54) is 0 Å². The normalized spacial score (nSPS) is 32.8. The van der Waals surface area contributed by atoms with Gasteiger partial charge < -0.3 is 5.32 Å². The second kappa shape index (κ2) is 4.62.